The van der Waals surface area contributed by atoms with Gasteiger partial charge >= 0.3 is 0 Å². The van der Waals surface area contributed by atoms with Gasteiger partial charge in [0.25, 0.3) is 10.0 Å². The van der Waals surface area contributed by atoms with Crippen molar-refractivity contribution in [3.05, 3.63) is 23.9 Å². The van der Waals surface area contributed by atoms with Crippen LogP contribution in [-0.2, 0) is 19.9 Å². The summed E-state index contributed by atoms with van der Waals surface area (Å²) in [4.78, 5) is 3.81. The van der Waals surface area contributed by atoms with Gasteiger partial charge in [-0.3, -0.25) is 4.40 Å². The lowest BCUT2D eigenvalue weighted by atomic mass is 10.3. The van der Waals surface area contributed by atoms with Crippen molar-refractivity contribution in [3.63, 3.8) is 0 Å². The van der Waals surface area contributed by atoms with E-state index in [1.54, 1.807) is 13.0 Å². The first-order valence-corrected chi connectivity index (χ1v) is 8.26. The third-order valence-electron chi connectivity index (χ3n) is 2.31. The molecule has 0 unspecified atom stereocenters. The minimum atomic E-state index is -4.20. The van der Waals surface area contributed by atoms with Gasteiger partial charge in [-0.1, -0.05) is 6.07 Å². The molecule has 0 atom stereocenters. The van der Waals surface area contributed by atoms with Crippen LogP contribution in [0.3, 0.4) is 0 Å². The van der Waals surface area contributed by atoms with Crippen LogP contribution in [0.4, 0.5) is 0 Å². The number of rotatable bonds is 2. The van der Waals surface area contributed by atoms with Crippen molar-refractivity contribution in [3.8, 4) is 0 Å². The van der Waals surface area contributed by atoms with Crippen LogP contribution in [0.15, 0.2) is 28.4 Å². The fourth-order valence-electron chi connectivity index (χ4n) is 1.61. The summed E-state index contributed by atoms with van der Waals surface area (Å²) in [6.07, 6.45) is 2.35. The predicted molar refractivity (Wildman–Crippen MR) is 64.4 cm³/mol. The van der Waals surface area contributed by atoms with Gasteiger partial charge in [-0.05, 0) is 18.6 Å². The van der Waals surface area contributed by atoms with Crippen molar-refractivity contribution < 1.29 is 16.8 Å². The highest BCUT2D eigenvalue weighted by molar-refractivity contribution is 7.93. The molecule has 0 aromatic carbocycles. The Bertz CT molecular complexity index is 834. The number of sulfonamides is 1. The third-order valence-corrected chi connectivity index (χ3v) is 4.36. The van der Waals surface area contributed by atoms with Gasteiger partial charge in [-0.2, -0.15) is 0 Å². The Labute approximate surface area is 104 Å². The number of aryl methyl sites for hydroxylation is 1. The van der Waals surface area contributed by atoms with Crippen LogP contribution in [0.5, 0.6) is 0 Å². The topological polar surface area (TPSA) is 112 Å². The van der Waals surface area contributed by atoms with E-state index in [2.05, 4.69) is 4.98 Å². The number of hydrogen-bond donors (Lipinski definition) is 1. The maximum absolute atomic E-state index is 11.6. The van der Waals surface area contributed by atoms with Gasteiger partial charge in [0.05, 0.1) is 0 Å². The Morgan fingerprint density at radius 1 is 1.22 bits per heavy atom. The number of fused-ring (bicyclic) bond motifs is 1. The van der Waals surface area contributed by atoms with Crippen molar-refractivity contribution in [2.45, 2.75) is 17.0 Å². The second-order valence-electron chi connectivity index (χ2n) is 3.97. The van der Waals surface area contributed by atoms with Crippen molar-refractivity contribution in [2.24, 2.45) is 5.14 Å². The molecule has 2 aromatic rings. The average molecular weight is 289 g/mol. The van der Waals surface area contributed by atoms with Crippen molar-refractivity contribution in [1.82, 2.24) is 9.38 Å². The number of primary sulfonamides is 1. The summed E-state index contributed by atoms with van der Waals surface area (Å²) in [5.41, 5.74) is 0.968. The first-order chi connectivity index (χ1) is 8.10. The number of hydrogen-bond acceptors (Lipinski definition) is 5. The Balaban J connectivity index is 3.06. The van der Waals surface area contributed by atoms with E-state index in [1.807, 2.05) is 0 Å². The molecule has 0 amide bonds. The van der Waals surface area contributed by atoms with Crippen LogP contribution >= 0.6 is 0 Å². The Kier molecular flexibility index (Phi) is 2.72. The molecule has 9 heteroatoms. The SMILES string of the molecule is Cc1ccc2nc(S(C)(=O)=O)c(S(N)(=O)=O)n2c1. The Morgan fingerprint density at radius 3 is 2.33 bits per heavy atom. The maximum atomic E-state index is 11.6. The molecule has 18 heavy (non-hydrogen) atoms. The molecule has 2 rings (SSSR count). The van der Waals surface area contributed by atoms with Gasteiger partial charge in [0.2, 0.25) is 0 Å². The Hall–Kier alpha value is -1.45. The largest absolute Gasteiger partial charge is 0.288 e. The van der Waals surface area contributed by atoms with E-state index >= 15 is 0 Å². The third kappa shape index (κ3) is 2.11. The molecular weight excluding hydrogens is 278 g/mol. The molecule has 0 bridgehead atoms. The molecule has 0 radical (unpaired) electrons. The number of nitrogens with two attached hydrogens (primary N) is 1. The fraction of sp³-hybridized carbons (Fsp3) is 0.222. The average Bonchev–Trinajstić information content (AvgIpc) is 2.54. The number of pyridine rings is 1. The fourth-order valence-corrected chi connectivity index (χ4v) is 3.80. The lowest BCUT2D eigenvalue weighted by molar-refractivity contribution is 0.578. The van der Waals surface area contributed by atoms with Crippen LogP contribution in [0.1, 0.15) is 5.56 Å². The standard InChI is InChI=1S/C9H11N3O4S2/c1-6-3-4-7-11-8(17(2,13)14)9(12(7)5-6)18(10,15)16/h3-5H,1-2H3,(H2,10,15,16). The van der Waals surface area contributed by atoms with E-state index in [1.165, 1.54) is 16.7 Å². The van der Waals surface area contributed by atoms with E-state index in [9.17, 15) is 16.8 Å². The molecule has 7 nitrogen and oxygen atoms in total. The molecule has 0 aliphatic carbocycles. The minimum Gasteiger partial charge on any atom is -0.288 e. The molecule has 0 spiro atoms. The van der Waals surface area contributed by atoms with Crippen LogP contribution in [0, 0.1) is 6.92 Å². The summed E-state index contributed by atoms with van der Waals surface area (Å²) in [5, 5.41) is 4.02. The van der Waals surface area contributed by atoms with Crippen molar-refractivity contribution in [2.75, 3.05) is 6.26 Å². The summed E-state index contributed by atoms with van der Waals surface area (Å²) in [6, 6.07) is 3.22. The van der Waals surface area contributed by atoms with Gasteiger partial charge in [0.15, 0.2) is 19.9 Å². The number of sulfone groups is 1. The summed E-state index contributed by atoms with van der Waals surface area (Å²) < 4.78 is 47.4. The molecule has 2 heterocycles. The number of aromatic nitrogens is 2. The highest BCUT2D eigenvalue weighted by Crippen LogP contribution is 2.21. The molecule has 2 N–H and O–H groups in total. The van der Waals surface area contributed by atoms with E-state index in [0.29, 0.717) is 0 Å². The van der Waals surface area contributed by atoms with Crippen molar-refractivity contribution >= 4 is 25.5 Å². The minimum absolute atomic E-state index is 0.213. The molecule has 98 valence electrons. The lowest BCUT2D eigenvalue weighted by Gasteiger charge is -2.01. The van der Waals surface area contributed by atoms with Gasteiger partial charge < -0.3 is 0 Å². The maximum Gasteiger partial charge on any atom is 0.257 e. The normalized spacial score (nSPS) is 13.1. The molecule has 0 aliphatic heterocycles. The molecule has 0 fully saturated rings. The van der Waals surface area contributed by atoms with Crippen LogP contribution in [0.25, 0.3) is 5.65 Å². The number of nitrogens with zero attached hydrogens (tertiary/aromatic N) is 2. The monoisotopic (exact) mass is 289 g/mol. The van der Waals surface area contributed by atoms with Gasteiger partial charge in [-0.25, -0.2) is 27.0 Å². The highest BCUT2D eigenvalue weighted by atomic mass is 32.2. The molecule has 0 saturated carbocycles. The van der Waals surface area contributed by atoms with E-state index in [0.717, 1.165) is 11.8 Å². The summed E-state index contributed by atoms with van der Waals surface area (Å²) in [6.45, 7) is 1.74. The molecular formula is C9H11N3O4S2. The summed E-state index contributed by atoms with van der Waals surface area (Å²) in [5.74, 6) is 0. The first kappa shape index (κ1) is 13.0. The molecule has 0 saturated heterocycles. The number of imidazole rings is 1. The Morgan fingerprint density at radius 2 is 1.83 bits per heavy atom. The zero-order valence-electron chi connectivity index (χ0n) is 9.65. The van der Waals surface area contributed by atoms with E-state index in [-0.39, 0.29) is 5.65 Å². The second kappa shape index (κ2) is 3.77. The lowest BCUT2D eigenvalue weighted by Crippen LogP contribution is -2.18. The van der Waals surface area contributed by atoms with Gasteiger partial charge in [0.1, 0.15) is 5.65 Å². The quantitative estimate of drug-likeness (QED) is 0.815. The van der Waals surface area contributed by atoms with E-state index < -0.39 is 29.9 Å². The first-order valence-electron chi connectivity index (χ1n) is 4.82. The predicted octanol–water partition coefficient (Wildman–Crippen LogP) is -0.306. The zero-order valence-corrected chi connectivity index (χ0v) is 11.3. The van der Waals surface area contributed by atoms with E-state index in [4.69, 9.17) is 5.14 Å². The smallest absolute Gasteiger partial charge is 0.257 e. The summed E-state index contributed by atoms with van der Waals surface area (Å²) >= 11 is 0. The van der Waals surface area contributed by atoms with Crippen LogP contribution in [0.2, 0.25) is 0 Å². The van der Waals surface area contributed by atoms with Gasteiger partial charge in [0, 0.05) is 12.5 Å². The summed E-state index contributed by atoms with van der Waals surface area (Å²) in [7, 11) is -7.98. The van der Waals surface area contributed by atoms with Gasteiger partial charge in [-0.15, -0.1) is 0 Å². The molecule has 2 aromatic heterocycles. The highest BCUT2D eigenvalue weighted by Gasteiger charge is 2.28. The van der Waals surface area contributed by atoms with Crippen LogP contribution < -0.4 is 5.14 Å². The molecule has 0 aliphatic rings. The second-order valence-corrected chi connectivity index (χ2v) is 7.38. The van der Waals surface area contributed by atoms with Crippen LogP contribution in [-0.4, -0.2) is 32.5 Å². The zero-order chi connectivity index (χ0) is 13.7. The van der Waals surface area contributed by atoms with Crippen molar-refractivity contribution in [1.29, 1.82) is 0 Å².